The van der Waals surface area contributed by atoms with Crippen LogP contribution in [0.3, 0.4) is 0 Å². The van der Waals surface area contributed by atoms with Crippen LogP contribution in [0, 0.1) is 0 Å². The van der Waals surface area contributed by atoms with E-state index in [1.165, 1.54) is 16.1 Å². The van der Waals surface area contributed by atoms with Gasteiger partial charge in [0.05, 0.1) is 16.0 Å². The highest BCUT2D eigenvalue weighted by Crippen LogP contribution is 2.52. The van der Waals surface area contributed by atoms with Gasteiger partial charge < -0.3 is 4.90 Å². The molecule has 3 aromatic carbocycles. The van der Waals surface area contributed by atoms with E-state index in [4.69, 9.17) is 0 Å². The predicted octanol–water partition coefficient (Wildman–Crippen LogP) is 7.55. The zero-order chi connectivity index (χ0) is 19.4. The largest absolute Gasteiger partial charge is 0.353 e. The number of hydrogen-bond donors (Lipinski definition) is 0. The van der Waals surface area contributed by atoms with Gasteiger partial charge in [0, 0.05) is 15.1 Å². The second-order valence-electron chi connectivity index (χ2n) is 6.87. The van der Waals surface area contributed by atoms with Gasteiger partial charge >= 0.3 is 0 Å². The number of anilines is 1. The number of thioether (sulfide) groups is 2. The molecule has 1 heterocycles. The minimum atomic E-state index is 0.0275. The Hall–Kier alpha value is -1.62. The molecule has 1 aliphatic rings. The topological polar surface area (TPSA) is 3.24 Å². The maximum Gasteiger partial charge on any atom is 0.0886 e. The molecule has 4 heteroatoms. The van der Waals surface area contributed by atoms with Crippen molar-refractivity contribution in [3.63, 3.8) is 0 Å². The Balaban J connectivity index is 1.67. The number of nitrogens with zero attached hydrogens (tertiary/aromatic N) is 1. The summed E-state index contributed by atoms with van der Waals surface area (Å²) in [4.78, 5) is 3.82. The van der Waals surface area contributed by atoms with Crippen molar-refractivity contribution in [2.75, 3.05) is 10.8 Å². The van der Waals surface area contributed by atoms with E-state index in [-0.39, 0.29) is 10.1 Å². The molecule has 0 N–H and O–H groups in total. The van der Waals surface area contributed by atoms with Crippen molar-refractivity contribution >= 4 is 51.2 Å². The molecule has 0 aromatic heterocycles. The molecular formula is C24H22BrNS2. The molecule has 0 amide bonds. The van der Waals surface area contributed by atoms with Crippen molar-refractivity contribution in [2.45, 2.75) is 21.9 Å². The summed E-state index contributed by atoms with van der Waals surface area (Å²) in [5.41, 5.74) is 2.50. The predicted molar refractivity (Wildman–Crippen MR) is 129 cm³/mol. The number of halogens is 1. The summed E-state index contributed by atoms with van der Waals surface area (Å²) in [7, 11) is 0. The van der Waals surface area contributed by atoms with Crippen LogP contribution in [0.25, 0.3) is 6.08 Å². The van der Waals surface area contributed by atoms with Gasteiger partial charge in [-0.05, 0) is 48.9 Å². The van der Waals surface area contributed by atoms with Crippen LogP contribution in [0.5, 0.6) is 0 Å². The van der Waals surface area contributed by atoms with E-state index >= 15 is 0 Å². The Morgan fingerprint density at radius 2 is 1.61 bits per heavy atom. The molecule has 28 heavy (non-hydrogen) atoms. The molecule has 1 aliphatic heterocycles. The summed E-state index contributed by atoms with van der Waals surface area (Å²) in [6.45, 7) is 2.37. The molecule has 0 unspecified atom stereocenters. The molecule has 0 bridgehead atoms. The Labute approximate surface area is 184 Å². The van der Waals surface area contributed by atoms with Crippen LogP contribution in [0.15, 0.2) is 100 Å². The van der Waals surface area contributed by atoms with Crippen molar-refractivity contribution in [3.05, 3.63) is 101 Å². The van der Waals surface area contributed by atoms with Gasteiger partial charge in [0.25, 0.3) is 0 Å². The van der Waals surface area contributed by atoms with Gasteiger partial charge in [-0.25, -0.2) is 0 Å². The second kappa shape index (κ2) is 8.81. The summed E-state index contributed by atoms with van der Waals surface area (Å²) in [6.07, 6.45) is 4.62. The van der Waals surface area contributed by atoms with E-state index in [0.717, 1.165) is 10.3 Å². The normalized spacial score (nSPS) is 22.1. The van der Waals surface area contributed by atoms with Crippen molar-refractivity contribution in [1.29, 1.82) is 0 Å². The Kier molecular flexibility index (Phi) is 6.19. The molecule has 0 aliphatic carbocycles. The van der Waals surface area contributed by atoms with Gasteiger partial charge in [-0.3, -0.25) is 0 Å². The molecule has 1 fully saturated rings. The molecule has 0 spiro atoms. The first kappa shape index (κ1) is 19.7. The van der Waals surface area contributed by atoms with Crippen LogP contribution in [0.4, 0.5) is 5.69 Å². The van der Waals surface area contributed by atoms with Gasteiger partial charge in [-0.1, -0.05) is 76.6 Å². The van der Waals surface area contributed by atoms with E-state index in [1.54, 1.807) is 0 Å². The van der Waals surface area contributed by atoms with Gasteiger partial charge in [0.2, 0.25) is 0 Å². The first-order valence-corrected chi connectivity index (χ1v) is 11.9. The monoisotopic (exact) mass is 467 g/mol. The average Bonchev–Trinajstić information content (AvgIpc) is 3.04. The highest BCUT2D eigenvalue weighted by Gasteiger charge is 2.44. The van der Waals surface area contributed by atoms with Crippen molar-refractivity contribution in [2.24, 2.45) is 0 Å². The van der Waals surface area contributed by atoms with E-state index in [0.29, 0.717) is 0 Å². The minimum Gasteiger partial charge on any atom is -0.353 e. The lowest BCUT2D eigenvalue weighted by Gasteiger charge is -2.33. The first-order valence-electron chi connectivity index (χ1n) is 9.27. The molecule has 0 saturated carbocycles. The van der Waals surface area contributed by atoms with E-state index < -0.39 is 0 Å². The summed E-state index contributed by atoms with van der Waals surface area (Å²) in [5.74, 6) is 0.974. The lowest BCUT2D eigenvalue weighted by molar-refractivity contribution is 0.730. The zero-order valence-corrected chi connectivity index (χ0v) is 18.9. The summed E-state index contributed by atoms with van der Waals surface area (Å²) < 4.78 is 1.14. The van der Waals surface area contributed by atoms with E-state index in [1.807, 2.05) is 23.5 Å². The van der Waals surface area contributed by atoms with E-state index in [9.17, 15) is 0 Å². The lowest BCUT2D eigenvalue weighted by Crippen LogP contribution is -2.38. The highest BCUT2D eigenvalue weighted by molar-refractivity contribution is 9.10. The number of hydrogen-bond acceptors (Lipinski definition) is 3. The van der Waals surface area contributed by atoms with Crippen LogP contribution in [0.2, 0.25) is 0 Å². The Bertz CT molecular complexity index is 928. The van der Waals surface area contributed by atoms with Crippen LogP contribution in [-0.4, -0.2) is 16.0 Å². The maximum atomic E-state index is 3.56. The second-order valence-corrected chi connectivity index (χ2v) is 11.0. The van der Waals surface area contributed by atoms with Crippen LogP contribution in [0.1, 0.15) is 12.5 Å². The molecule has 1 nitrogen and oxygen atoms in total. The van der Waals surface area contributed by atoms with Crippen molar-refractivity contribution < 1.29 is 0 Å². The molecule has 3 aromatic rings. The Morgan fingerprint density at radius 1 is 0.964 bits per heavy atom. The molecule has 2 atom stereocenters. The van der Waals surface area contributed by atoms with Crippen LogP contribution < -0.4 is 4.90 Å². The highest BCUT2D eigenvalue weighted by atomic mass is 79.9. The lowest BCUT2D eigenvalue weighted by atomic mass is 10.1. The maximum absolute atomic E-state index is 3.56. The van der Waals surface area contributed by atoms with Crippen LogP contribution in [-0.2, 0) is 0 Å². The van der Waals surface area contributed by atoms with Crippen LogP contribution >= 0.6 is 39.5 Å². The molecule has 1 saturated heterocycles. The molecule has 0 radical (unpaired) electrons. The minimum absolute atomic E-state index is 0.0275. The summed E-state index contributed by atoms with van der Waals surface area (Å²) in [6, 6.07) is 30.2. The van der Waals surface area contributed by atoms with E-state index in [2.05, 4.69) is 125 Å². The fraction of sp³-hybridized carbons (Fsp3) is 0.167. The van der Waals surface area contributed by atoms with Crippen molar-refractivity contribution in [3.8, 4) is 0 Å². The zero-order valence-electron chi connectivity index (χ0n) is 15.7. The SMILES string of the molecule is C[C@]1(Sc2ccccc2)SCN(c2ccc(Br)cc2)[C@@H]1/C=C/c1ccccc1. The van der Waals surface area contributed by atoms with Gasteiger partial charge in [-0.15, -0.1) is 23.5 Å². The smallest absolute Gasteiger partial charge is 0.0886 e. The average molecular weight is 468 g/mol. The van der Waals surface area contributed by atoms with Gasteiger partial charge in [0.1, 0.15) is 0 Å². The number of rotatable bonds is 5. The van der Waals surface area contributed by atoms with Gasteiger partial charge in [0.15, 0.2) is 0 Å². The summed E-state index contributed by atoms with van der Waals surface area (Å²) in [5, 5.41) is 0. The third-order valence-electron chi connectivity index (χ3n) is 4.86. The fourth-order valence-corrected chi connectivity index (χ4v) is 6.49. The Morgan fingerprint density at radius 3 is 2.29 bits per heavy atom. The standard InChI is InChI=1S/C24H22BrNS2/c1-24(28-22-10-6-3-7-11-22)23(17-12-19-8-4-2-5-9-19)26(18-27-24)21-15-13-20(25)14-16-21/h2-17,23H,18H2,1H3/b17-12+/t23-,24-/m1/s1. The first-order chi connectivity index (χ1) is 13.6. The van der Waals surface area contributed by atoms with Crippen molar-refractivity contribution in [1.82, 2.24) is 0 Å². The fourth-order valence-electron chi connectivity index (χ4n) is 3.37. The number of benzene rings is 3. The third kappa shape index (κ3) is 4.51. The molecule has 4 rings (SSSR count). The van der Waals surface area contributed by atoms with Gasteiger partial charge in [-0.2, -0.15) is 0 Å². The third-order valence-corrected chi connectivity index (χ3v) is 8.36. The quantitative estimate of drug-likeness (QED) is 0.381. The molecular weight excluding hydrogens is 446 g/mol. The summed E-state index contributed by atoms with van der Waals surface area (Å²) >= 11 is 7.53. The molecule has 142 valence electrons.